The molecule has 4 heavy (non-hydrogen) atoms. The fourth-order valence-corrected chi connectivity index (χ4v) is 0. The van der Waals surface area contributed by atoms with E-state index in [0.29, 0.717) is 24.7 Å². The molecule has 0 N–H and O–H groups in total. The first kappa shape index (κ1) is 15.7. The predicted octanol–water partition coefficient (Wildman–Crippen LogP) is -0.121. The quantitative estimate of drug-likeness (QED) is 0.558. The van der Waals surface area contributed by atoms with Gasteiger partial charge in [0, 0.05) is 76.0 Å². The number of rotatable bonds is 0. The van der Waals surface area contributed by atoms with E-state index in [0.717, 1.165) is 0 Å². The number of hydrogen-bond acceptors (Lipinski definition) is 1. The maximum absolute atomic E-state index is 8.34. The smallest absolute Gasteiger partial charge is 0 e. The predicted molar refractivity (Wildman–Crippen MR) is 0.686 cm³/mol. The summed E-state index contributed by atoms with van der Waals surface area (Å²) in [6, 6.07) is 0. The van der Waals surface area contributed by atoms with Crippen molar-refractivity contribution in [3.63, 3.8) is 0 Å². The molecule has 0 aliphatic carbocycles. The van der Waals surface area contributed by atoms with E-state index in [2.05, 4.69) is 0 Å². The second-order valence-electron chi connectivity index (χ2n) is 0. The maximum Gasteiger partial charge on any atom is 0 e. The minimum absolute atomic E-state index is 0. The first-order valence-electron chi connectivity index (χ1n) is 0.204. The van der Waals surface area contributed by atoms with E-state index in [1.54, 1.807) is 0 Å². The summed E-state index contributed by atoms with van der Waals surface area (Å²) >= 11 is 0.300. The van der Waals surface area contributed by atoms with Crippen molar-refractivity contribution in [2.75, 3.05) is 0 Å². The zero-order valence-electron chi connectivity index (χ0n) is 1.89. The zero-order chi connectivity index (χ0) is 2.00. The molecule has 0 amide bonds. The van der Waals surface area contributed by atoms with Gasteiger partial charge in [0.1, 0.15) is 0 Å². The van der Waals surface area contributed by atoms with Crippen molar-refractivity contribution in [1.29, 1.82) is 0 Å². The molecule has 0 saturated heterocycles. The summed E-state index contributed by atoms with van der Waals surface area (Å²) in [5, 5.41) is 0. The van der Waals surface area contributed by atoms with Crippen molar-refractivity contribution in [3.8, 4) is 0 Å². The van der Waals surface area contributed by atoms with Gasteiger partial charge in [0.2, 0.25) is 0 Å². The van der Waals surface area contributed by atoms with Crippen LogP contribution >= 0.6 is 0 Å². The van der Waals surface area contributed by atoms with Crippen LogP contribution in [0.4, 0.5) is 0 Å². The van der Waals surface area contributed by atoms with Gasteiger partial charge in [-0.05, 0) is 0 Å². The maximum atomic E-state index is 8.34. The summed E-state index contributed by atoms with van der Waals surface area (Å²) in [7, 11) is 0. The molecule has 0 aliphatic heterocycles. The van der Waals surface area contributed by atoms with Crippen molar-refractivity contribution in [3.05, 3.63) is 0 Å². The summed E-state index contributed by atoms with van der Waals surface area (Å²) < 4.78 is 8.34. The Bertz CT molecular complexity index is 8.00. The zero-order valence-corrected chi connectivity index (χ0v) is 10.6. The Morgan fingerprint density at radius 1 is 1.25 bits per heavy atom. The minimum atomic E-state index is 0. The van der Waals surface area contributed by atoms with E-state index in [9.17, 15) is 0 Å². The SMILES string of the molecule is [La].[O]=[Zr].[Sm]. The van der Waals surface area contributed by atoms with Crippen LogP contribution in [0.1, 0.15) is 0 Å². The Hall–Kier alpha value is 3.22. The van der Waals surface area contributed by atoms with Crippen molar-refractivity contribution in [2.45, 2.75) is 0 Å². The first-order valence-corrected chi connectivity index (χ1v) is 1.21. The number of hydrogen-bond donors (Lipinski definition) is 0. The fourth-order valence-electron chi connectivity index (χ4n) is 0. The average Bonchev–Trinajstić information content (AvgIpc) is 1.00. The summed E-state index contributed by atoms with van der Waals surface area (Å²) in [6.45, 7) is 0. The third-order valence-electron chi connectivity index (χ3n) is 0. The molecular formula is LaOSmZr. The molecule has 0 heterocycles. The summed E-state index contributed by atoms with van der Waals surface area (Å²) in [5.74, 6) is 0. The second kappa shape index (κ2) is 16.4. The van der Waals surface area contributed by atoms with Gasteiger partial charge in [-0.2, -0.15) is 0 Å². The van der Waals surface area contributed by atoms with Crippen LogP contribution in [0.15, 0.2) is 0 Å². The van der Waals surface area contributed by atoms with Gasteiger partial charge in [0.25, 0.3) is 0 Å². The first-order chi connectivity index (χ1) is 1.00. The van der Waals surface area contributed by atoms with Crippen LogP contribution in [-0.2, 0) is 27.5 Å². The molecule has 0 aromatic heterocycles. The van der Waals surface area contributed by atoms with Crippen LogP contribution in [-0.4, -0.2) is 0 Å². The largest absolute Gasteiger partial charge is 0 e. The van der Waals surface area contributed by atoms with Gasteiger partial charge in [-0.3, -0.25) is 0 Å². The minimum Gasteiger partial charge on any atom is 0 e. The van der Waals surface area contributed by atoms with Gasteiger partial charge in [-0.25, -0.2) is 0 Å². The molecule has 0 saturated carbocycles. The van der Waals surface area contributed by atoms with Gasteiger partial charge in [-0.15, -0.1) is 0 Å². The van der Waals surface area contributed by atoms with Crippen LogP contribution in [0.3, 0.4) is 0 Å². The van der Waals surface area contributed by atoms with Crippen LogP contribution in [0.5, 0.6) is 0 Å². The third kappa shape index (κ3) is 8.96. The Balaban J connectivity index is -0.00000000500. The van der Waals surface area contributed by atoms with E-state index in [-0.39, 0.29) is 76.0 Å². The molecule has 0 unspecified atom stereocenters. The fraction of sp³-hybridized carbons (Fsp3) is 0. The Morgan fingerprint density at radius 3 is 1.25 bits per heavy atom. The molecule has 1 nitrogen and oxygen atoms in total. The van der Waals surface area contributed by atoms with Gasteiger partial charge in [0.15, 0.2) is 0 Å². The molecule has 1 radical (unpaired) electrons. The molecule has 0 fully saturated rings. The molecule has 19 valence electrons. The van der Waals surface area contributed by atoms with Gasteiger partial charge in [0.05, 0.1) is 0 Å². The normalized spacial score (nSPS) is 0.750. The van der Waals surface area contributed by atoms with E-state index in [4.69, 9.17) is 2.81 Å². The Kier molecular flexibility index (Phi) is 64.1. The summed E-state index contributed by atoms with van der Waals surface area (Å²) in [4.78, 5) is 0. The van der Waals surface area contributed by atoms with Crippen LogP contribution in [0.2, 0.25) is 0 Å². The van der Waals surface area contributed by atoms with E-state index < -0.39 is 0 Å². The van der Waals surface area contributed by atoms with Gasteiger partial charge in [-0.1, -0.05) is 0 Å². The molecule has 0 bridgehead atoms. The monoisotopic (exact) mass is 397 g/mol. The molecule has 0 aliphatic rings. The molecular weight excluding hydrogens is 396 g/mol. The standard InChI is InChI=1S/La.O.Sm.Zr. The molecule has 0 spiro atoms. The van der Waals surface area contributed by atoms with E-state index in [1.165, 1.54) is 0 Å². The molecule has 4 heteroatoms. The van der Waals surface area contributed by atoms with Crippen molar-refractivity contribution in [1.82, 2.24) is 0 Å². The van der Waals surface area contributed by atoms with E-state index >= 15 is 0 Å². The Morgan fingerprint density at radius 2 is 1.25 bits per heavy atom. The summed E-state index contributed by atoms with van der Waals surface area (Å²) in [6.07, 6.45) is 0. The second-order valence-corrected chi connectivity index (χ2v) is 0. The van der Waals surface area contributed by atoms with Crippen LogP contribution in [0, 0.1) is 76.0 Å². The van der Waals surface area contributed by atoms with Gasteiger partial charge >= 0.3 is 27.5 Å². The molecule has 0 aromatic carbocycles. The Labute approximate surface area is 101 Å². The van der Waals surface area contributed by atoms with Crippen molar-refractivity contribution in [2.24, 2.45) is 0 Å². The van der Waals surface area contributed by atoms with Crippen molar-refractivity contribution >= 4 is 0 Å². The van der Waals surface area contributed by atoms with Gasteiger partial charge < -0.3 is 0 Å². The topological polar surface area (TPSA) is 17.1 Å². The summed E-state index contributed by atoms with van der Waals surface area (Å²) in [5.41, 5.74) is 0. The molecule has 0 rings (SSSR count). The molecule has 0 atom stereocenters. The third-order valence-corrected chi connectivity index (χ3v) is 0. The van der Waals surface area contributed by atoms with Crippen molar-refractivity contribution < 1.29 is 104 Å². The molecule has 0 aromatic rings. The van der Waals surface area contributed by atoms with Crippen LogP contribution in [0.25, 0.3) is 0 Å². The average molecular weight is 396 g/mol. The van der Waals surface area contributed by atoms with Crippen LogP contribution < -0.4 is 0 Å². The van der Waals surface area contributed by atoms with E-state index in [1.807, 2.05) is 0 Å².